The van der Waals surface area contributed by atoms with Gasteiger partial charge in [-0.05, 0) is 25.7 Å². The van der Waals surface area contributed by atoms with Crippen molar-refractivity contribution in [3.05, 3.63) is 0 Å². The molecule has 0 radical (unpaired) electrons. The van der Waals surface area contributed by atoms with Gasteiger partial charge in [-0.2, -0.15) is 49.8 Å². The second kappa shape index (κ2) is 25.8. The molecule has 220 valence electrons. The van der Waals surface area contributed by atoms with E-state index < -0.39 is 0 Å². The molecule has 2 saturated heterocycles. The van der Waals surface area contributed by atoms with E-state index >= 15 is 0 Å². The van der Waals surface area contributed by atoms with Gasteiger partial charge in [0.15, 0.2) is 0 Å². The third-order valence-electron chi connectivity index (χ3n) is 7.69. The Bertz CT molecular complexity index is 432. The molecule has 11 nitrogen and oxygen atoms in total. The third kappa shape index (κ3) is 20.2. The van der Waals surface area contributed by atoms with Crippen molar-refractivity contribution in [2.45, 2.75) is 154 Å². The van der Waals surface area contributed by atoms with Crippen LogP contribution in [-0.2, 0) is 0 Å². The Morgan fingerprint density at radius 1 is 0.351 bits per heavy atom. The first-order valence-electron chi connectivity index (χ1n) is 15.7. The van der Waals surface area contributed by atoms with E-state index in [4.69, 9.17) is 0 Å². The molecule has 37 heavy (non-hydrogen) atoms. The molecule has 0 aromatic carbocycles. The van der Waals surface area contributed by atoms with Gasteiger partial charge < -0.3 is 0 Å². The molecule has 0 amide bonds. The molecule has 0 aliphatic carbocycles. The van der Waals surface area contributed by atoms with E-state index in [9.17, 15) is 0 Å². The van der Waals surface area contributed by atoms with Crippen LogP contribution in [0, 0.1) is 0 Å². The first kappa shape index (κ1) is 32.8. The minimum Gasteiger partial charge on any atom is -0.243 e. The molecule has 2 aliphatic rings. The van der Waals surface area contributed by atoms with Crippen molar-refractivity contribution < 1.29 is 0 Å². The maximum absolute atomic E-state index is 3.26. The van der Waals surface area contributed by atoms with Crippen LogP contribution in [0.15, 0.2) is 0 Å². The quantitative estimate of drug-likeness (QED) is 0.227. The molecule has 2 aliphatic heterocycles. The van der Waals surface area contributed by atoms with Gasteiger partial charge in [-0.1, -0.05) is 122 Å². The van der Waals surface area contributed by atoms with Crippen LogP contribution in [0.1, 0.15) is 148 Å². The van der Waals surface area contributed by atoms with Gasteiger partial charge in [0, 0.05) is 19.1 Å². The molecule has 1 atom stereocenters. The second-order valence-corrected chi connectivity index (χ2v) is 10.9. The summed E-state index contributed by atoms with van der Waals surface area (Å²) >= 11 is 0. The largest absolute Gasteiger partial charge is 0.243 e. The average molecular weight is 528 g/mol. The van der Waals surface area contributed by atoms with Crippen LogP contribution in [0.3, 0.4) is 0 Å². The van der Waals surface area contributed by atoms with Gasteiger partial charge in [0.1, 0.15) is 0 Å². The third-order valence-corrected chi connectivity index (χ3v) is 7.69. The summed E-state index contributed by atoms with van der Waals surface area (Å²) in [5, 5.41) is 2.31. The molecule has 0 aromatic rings. The van der Waals surface area contributed by atoms with Gasteiger partial charge in [-0.3, -0.25) is 0 Å². The van der Waals surface area contributed by atoms with Crippen molar-refractivity contribution in [1.29, 1.82) is 0 Å². The molecule has 2 fully saturated rings. The van der Waals surface area contributed by atoms with Crippen molar-refractivity contribution in [3.8, 4) is 0 Å². The summed E-state index contributed by atoms with van der Waals surface area (Å²) in [7, 11) is 0. The number of nitrogens with one attached hydrogen (secondary N) is 10. The Morgan fingerprint density at radius 3 is 1.24 bits per heavy atom. The van der Waals surface area contributed by atoms with E-state index in [2.05, 4.69) is 60.2 Å². The number of nitrogens with zero attached hydrogens (tertiary/aromatic N) is 1. The highest BCUT2D eigenvalue weighted by atomic mass is 16.0. The highest BCUT2D eigenvalue weighted by Gasteiger charge is 2.23. The lowest BCUT2D eigenvalue weighted by atomic mass is 10.0. The van der Waals surface area contributed by atoms with Crippen LogP contribution in [0.25, 0.3) is 0 Å². The monoisotopic (exact) mass is 528 g/mol. The Balaban J connectivity index is 1.51. The maximum Gasteiger partial charge on any atom is 0.0257 e. The fraction of sp³-hybridized carbons (Fsp3) is 1.00. The highest BCUT2D eigenvalue weighted by Crippen LogP contribution is 2.21. The van der Waals surface area contributed by atoms with Gasteiger partial charge in [-0.15, -0.1) is 0 Å². The van der Waals surface area contributed by atoms with E-state index in [0.29, 0.717) is 6.04 Å². The predicted molar refractivity (Wildman–Crippen MR) is 153 cm³/mol. The summed E-state index contributed by atoms with van der Waals surface area (Å²) in [6, 6.07) is 0.618. The number of fused-ring (bicyclic) bond motifs is 1. The van der Waals surface area contributed by atoms with E-state index in [1.807, 2.05) is 0 Å². The Morgan fingerprint density at radius 2 is 0.730 bits per heavy atom. The van der Waals surface area contributed by atoms with E-state index in [-0.39, 0.29) is 0 Å². The summed E-state index contributed by atoms with van der Waals surface area (Å²) in [6.45, 7) is 2.02. The molecule has 0 saturated carbocycles. The normalized spacial score (nSPS) is 27.1. The zero-order valence-electron chi connectivity index (χ0n) is 23.7. The fourth-order valence-corrected chi connectivity index (χ4v) is 5.45. The van der Waals surface area contributed by atoms with Crippen LogP contribution >= 0.6 is 0 Å². The lowest BCUT2D eigenvalue weighted by Gasteiger charge is -2.25. The summed E-state index contributed by atoms with van der Waals surface area (Å²) in [5.41, 5.74) is 29.1. The minimum atomic E-state index is 0.618. The zero-order valence-corrected chi connectivity index (χ0v) is 23.7. The number of hydrogen-bond donors (Lipinski definition) is 10. The van der Waals surface area contributed by atoms with E-state index in [0.717, 1.165) is 13.1 Å². The second-order valence-electron chi connectivity index (χ2n) is 10.9. The molecular formula is C26H61N11. The van der Waals surface area contributed by atoms with Crippen LogP contribution in [0.2, 0.25) is 0 Å². The lowest BCUT2D eigenvalue weighted by molar-refractivity contribution is 0.0986. The van der Waals surface area contributed by atoms with Gasteiger partial charge in [0.05, 0.1) is 0 Å². The van der Waals surface area contributed by atoms with E-state index in [1.54, 1.807) is 0 Å². The molecule has 1 unspecified atom stereocenters. The topological polar surface area (TPSA) is 124 Å². The number of hydrazine groups is 10. The molecule has 0 spiro atoms. The SMILES string of the molecule is C1CCCCCCCCCCCC2CCCN2NNNNNNNNNNCCCCCCCCCC1. The lowest BCUT2D eigenvalue weighted by Crippen LogP contribution is -2.66. The molecule has 0 bridgehead atoms. The summed E-state index contributed by atoms with van der Waals surface area (Å²) in [6.07, 6.45) is 31.8. The molecule has 2 rings (SSSR count). The van der Waals surface area contributed by atoms with Crippen molar-refractivity contribution in [2.24, 2.45) is 0 Å². The van der Waals surface area contributed by atoms with Gasteiger partial charge in [0.2, 0.25) is 0 Å². The molecule has 10 N–H and O–H groups in total. The van der Waals surface area contributed by atoms with Gasteiger partial charge in [-0.25, -0.2) is 10.4 Å². The molecule has 11 heteroatoms. The fourth-order valence-electron chi connectivity index (χ4n) is 5.45. The van der Waals surface area contributed by atoms with E-state index in [1.165, 1.54) is 148 Å². The highest BCUT2D eigenvalue weighted by molar-refractivity contribution is 4.75. The summed E-state index contributed by atoms with van der Waals surface area (Å²) in [4.78, 5) is 0. The van der Waals surface area contributed by atoms with Crippen molar-refractivity contribution >= 4 is 0 Å². The first-order valence-corrected chi connectivity index (χ1v) is 15.7. The Kier molecular flexibility index (Phi) is 22.9. The number of hydrogen-bond acceptors (Lipinski definition) is 11. The molecule has 2 heterocycles. The van der Waals surface area contributed by atoms with Crippen molar-refractivity contribution in [3.63, 3.8) is 0 Å². The van der Waals surface area contributed by atoms with Crippen molar-refractivity contribution in [1.82, 2.24) is 60.2 Å². The molecular weight excluding hydrogens is 466 g/mol. The Hall–Kier alpha value is -0.440. The maximum atomic E-state index is 3.26. The van der Waals surface area contributed by atoms with Crippen molar-refractivity contribution in [2.75, 3.05) is 13.1 Å². The standard InChI is InChI=1S/C26H61N11/c1-2-4-6-8-10-12-14-16-18-20-24-27-28-29-30-31-32-33-34-35-36-37-25-21-23-26(37)22-19-17-15-13-11-9-7-5-3-1/h26-36H,1-25H2. The zero-order chi connectivity index (χ0) is 25.9. The summed E-state index contributed by atoms with van der Waals surface area (Å²) < 4.78 is 0. The molecule has 0 aromatic heterocycles. The van der Waals surface area contributed by atoms with Crippen LogP contribution in [0.4, 0.5) is 0 Å². The van der Waals surface area contributed by atoms with Crippen LogP contribution in [0.5, 0.6) is 0 Å². The Labute approximate surface area is 227 Å². The smallest absolute Gasteiger partial charge is 0.0257 e. The van der Waals surface area contributed by atoms with Crippen LogP contribution in [-0.4, -0.2) is 24.1 Å². The van der Waals surface area contributed by atoms with Crippen LogP contribution < -0.4 is 55.2 Å². The minimum absolute atomic E-state index is 0.618. The summed E-state index contributed by atoms with van der Waals surface area (Å²) in [5.74, 6) is 0. The first-order chi connectivity index (χ1) is 18.5. The van der Waals surface area contributed by atoms with Gasteiger partial charge >= 0.3 is 0 Å². The predicted octanol–water partition coefficient (Wildman–Crippen LogP) is 3.70. The number of rotatable bonds is 0. The van der Waals surface area contributed by atoms with Gasteiger partial charge in [0.25, 0.3) is 0 Å². The average Bonchev–Trinajstić information content (AvgIpc) is 3.36.